The fourth-order valence-corrected chi connectivity index (χ4v) is 1.91. The van der Waals surface area contributed by atoms with Gasteiger partial charge in [-0.25, -0.2) is 0 Å². The molecule has 1 aromatic rings. The Morgan fingerprint density at radius 1 is 1.39 bits per heavy atom. The van der Waals surface area contributed by atoms with Crippen molar-refractivity contribution in [3.8, 4) is 0 Å². The lowest BCUT2D eigenvalue weighted by atomic mass is 9.93. The molecular formula is C14H25N3O. The molecular weight excluding hydrogens is 226 g/mol. The molecule has 1 aromatic heterocycles. The maximum Gasteiger partial charge on any atom is 0.250 e. The topological polar surface area (TPSA) is 51.3 Å². The molecule has 0 amide bonds. The van der Waals surface area contributed by atoms with Gasteiger partial charge in [-0.1, -0.05) is 26.8 Å². The van der Waals surface area contributed by atoms with Crippen molar-refractivity contribution >= 4 is 0 Å². The fraction of sp³-hybridized carbons (Fsp3) is 0.643. The predicted molar refractivity (Wildman–Crippen MR) is 75.7 cm³/mol. The van der Waals surface area contributed by atoms with E-state index in [0.29, 0.717) is 6.54 Å². The number of likely N-dealkylation sites (N-methyl/N-ethyl adjacent to an activating group) is 1. The molecule has 0 aliphatic heterocycles. The Morgan fingerprint density at radius 2 is 2.11 bits per heavy atom. The number of hydrogen-bond acceptors (Lipinski definition) is 3. The Hall–Kier alpha value is -1.13. The molecule has 0 radical (unpaired) electrons. The molecule has 1 heterocycles. The Labute approximate surface area is 109 Å². The lowest BCUT2D eigenvalue weighted by molar-refractivity contribution is 0.184. The first-order valence-electron chi connectivity index (χ1n) is 6.56. The van der Waals surface area contributed by atoms with Gasteiger partial charge in [0.2, 0.25) is 0 Å². The molecule has 4 heteroatoms. The van der Waals surface area contributed by atoms with Gasteiger partial charge in [0.1, 0.15) is 0 Å². The van der Waals surface area contributed by atoms with E-state index in [2.05, 4.69) is 25.7 Å². The molecule has 1 rings (SSSR count). The first kappa shape index (κ1) is 14.9. The van der Waals surface area contributed by atoms with E-state index in [1.165, 1.54) is 0 Å². The highest BCUT2D eigenvalue weighted by atomic mass is 16.1. The van der Waals surface area contributed by atoms with Crippen LogP contribution in [0.2, 0.25) is 0 Å². The zero-order valence-corrected chi connectivity index (χ0v) is 11.7. The standard InChI is InChI=1S/C14H25N3O/c1-4-16(12-14(2,3)11-15)9-10-17-8-6-5-7-13(17)18/h5-8H,4,9-12,15H2,1-3H3. The molecule has 0 aliphatic carbocycles. The van der Waals surface area contributed by atoms with Crippen molar-refractivity contribution in [3.05, 3.63) is 34.7 Å². The van der Waals surface area contributed by atoms with Gasteiger partial charge in [-0.05, 0) is 24.6 Å². The first-order chi connectivity index (χ1) is 8.48. The number of pyridine rings is 1. The van der Waals surface area contributed by atoms with Crippen LogP contribution in [0, 0.1) is 5.41 Å². The Balaban J connectivity index is 2.55. The van der Waals surface area contributed by atoms with Gasteiger partial charge in [-0.2, -0.15) is 0 Å². The van der Waals surface area contributed by atoms with Crippen LogP contribution in [0.3, 0.4) is 0 Å². The summed E-state index contributed by atoms with van der Waals surface area (Å²) in [6, 6.07) is 5.26. The molecule has 2 N–H and O–H groups in total. The molecule has 0 saturated heterocycles. The van der Waals surface area contributed by atoms with E-state index in [1.807, 2.05) is 12.3 Å². The molecule has 18 heavy (non-hydrogen) atoms. The smallest absolute Gasteiger partial charge is 0.250 e. The van der Waals surface area contributed by atoms with Gasteiger partial charge in [-0.15, -0.1) is 0 Å². The van der Waals surface area contributed by atoms with Gasteiger partial charge in [0, 0.05) is 31.9 Å². The van der Waals surface area contributed by atoms with E-state index in [1.54, 1.807) is 16.7 Å². The molecule has 0 aromatic carbocycles. The summed E-state index contributed by atoms with van der Waals surface area (Å²) in [4.78, 5) is 13.9. The van der Waals surface area contributed by atoms with E-state index in [0.717, 1.165) is 26.2 Å². The average molecular weight is 251 g/mol. The fourth-order valence-electron chi connectivity index (χ4n) is 1.91. The van der Waals surface area contributed by atoms with Gasteiger partial charge in [0.05, 0.1) is 0 Å². The summed E-state index contributed by atoms with van der Waals surface area (Å²) in [6.45, 7) is 10.7. The van der Waals surface area contributed by atoms with Gasteiger partial charge in [-0.3, -0.25) is 4.79 Å². The van der Waals surface area contributed by atoms with Gasteiger partial charge in [0.25, 0.3) is 5.56 Å². The lowest BCUT2D eigenvalue weighted by Gasteiger charge is -2.31. The van der Waals surface area contributed by atoms with Crippen molar-refractivity contribution in [2.45, 2.75) is 27.3 Å². The molecule has 0 aliphatic rings. The van der Waals surface area contributed by atoms with Crippen LogP contribution in [-0.4, -0.2) is 35.6 Å². The number of nitrogens with two attached hydrogens (primary N) is 1. The third-order valence-electron chi connectivity index (χ3n) is 3.21. The number of aromatic nitrogens is 1. The Morgan fingerprint density at radius 3 is 2.67 bits per heavy atom. The van der Waals surface area contributed by atoms with Crippen LogP contribution in [-0.2, 0) is 6.54 Å². The minimum atomic E-state index is 0.0617. The van der Waals surface area contributed by atoms with E-state index < -0.39 is 0 Å². The van der Waals surface area contributed by atoms with Gasteiger partial charge in [0.15, 0.2) is 0 Å². The van der Waals surface area contributed by atoms with Crippen molar-refractivity contribution in [2.24, 2.45) is 11.1 Å². The van der Waals surface area contributed by atoms with Crippen molar-refractivity contribution in [1.29, 1.82) is 0 Å². The molecule has 0 fully saturated rings. The third-order valence-corrected chi connectivity index (χ3v) is 3.21. The molecule has 4 nitrogen and oxygen atoms in total. The zero-order chi connectivity index (χ0) is 13.6. The minimum Gasteiger partial charge on any atom is -0.330 e. The average Bonchev–Trinajstić information content (AvgIpc) is 2.36. The highest BCUT2D eigenvalue weighted by Crippen LogP contribution is 2.14. The number of rotatable bonds is 7. The van der Waals surface area contributed by atoms with Gasteiger partial charge < -0.3 is 15.2 Å². The zero-order valence-electron chi connectivity index (χ0n) is 11.7. The van der Waals surface area contributed by atoms with E-state index in [4.69, 9.17) is 5.73 Å². The molecule has 102 valence electrons. The number of hydrogen-bond donors (Lipinski definition) is 1. The predicted octanol–water partition coefficient (Wildman–Crippen LogP) is 1.16. The third kappa shape index (κ3) is 4.63. The maximum atomic E-state index is 11.6. The van der Waals surface area contributed by atoms with Crippen molar-refractivity contribution < 1.29 is 0 Å². The lowest BCUT2D eigenvalue weighted by Crippen LogP contribution is -2.40. The van der Waals surface area contributed by atoms with E-state index in [9.17, 15) is 4.79 Å². The molecule has 0 atom stereocenters. The summed E-state index contributed by atoms with van der Waals surface area (Å²) in [7, 11) is 0. The molecule has 0 unspecified atom stereocenters. The number of nitrogens with zero attached hydrogens (tertiary/aromatic N) is 2. The van der Waals surface area contributed by atoms with Crippen LogP contribution in [0.1, 0.15) is 20.8 Å². The summed E-state index contributed by atoms with van der Waals surface area (Å²) >= 11 is 0. The van der Waals surface area contributed by atoms with Crippen molar-refractivity contribution in [2.75, 3.05) is 26.2 Å². The highest BCUT2D eigenvalue weighted by Gasteiger charge is 2.19. The maximum absolute atomic E-state index is 11.6. The largest absolute Gasteiger partial charge is 0.330 e. The summed E-state index contributed by atoms with van der Waals surface area (Å²) < 4.78 is 1.75. The molecule has 0 spiro atoms. The first-order valence-corrected chi connectivity index (χ1v) is 6.56. The normalized spacial score (nSPS) is 12.1. The van der Waals surface area contributed by atoms with Crippen LogP contribution in [0.25, 0.3) is 0 Å². The van der Waals surface area contributed by atoms with Crippen LogP contribution in [0.5, 0.6) is 0 Å². The Kier molecular flexibility index (Phi) is 5.56. The monoisotopic (exact) mass is 251 g/mol. The second kappa shape index (κ2) is 6.71. The molecule has 0 saturated carbocycles. The van der Waals surface area contributed by atoms with Crippen molar-refractivity contribution in [1.82, 2.24) is 9.47 Å². The van der Waals surface area contributed by atoms with Gasteiger partial charge >= 0.3 is 0 Å². The van der Waals surface area contributed by atoms with Crippen LogP contribution in [0.15, 0.2) is 29.2 Å². The summed E-state index contributed by atoms with van der Waals surface area (Å²) in [5.74, 6) is 0. The summed E-state index contributed by atoms with van der Waals surface area (Å²) in [6.07, 6.45) is 1.84. The van der Waals surface area contributed by atoms with E-state index in [-0.39, 0.29) is 11.0 Å². The summed E-state index contributed by atoms with van der Waals surface area (Å²) in [5.41, 5.74) is 5.94. The second-order valence-electron chi connectivity index (χ2n) is 5.47. The van der Waals surface area contributed by atoms with Crippen LogP contribution in [0.4, 0.5) is 0 Å². The quantitative estimate of drug-likeness (QED) is 0.791. The minimum absolute atomic E-state index is 0.0617. The second-order valence-corrected chi connectivity index (χ2v) is 5.47. The van der Waals surface area contributed by atoms with E-state index >= 15 is 0 Å². The van der Waals surface area contributed by atoms with Crippen LogP contribution >= 0.6 is 0 Å². The Bertz CT molecular complexity index is 412. The molecule has 0 bridgehead atoms. The van der Waals surface area contributed by atoms with Crippen molar-refractivity contribution in [3.63, 3.8) is 0 Å². The summed E-state index contributed by atoms with van der Waals surface area (Å²) in [5, 5.41) is 0. The SMILES string of the molecule is CCN(CCn1ccccc1=O)CC(C)(C)CN. The highest BCUT2D eigenvalue weighted by molar-refractivity contribution is 4.93. The van der Waals surface area contributed by atoms with Crippen LogP contribution < -0.4 is 11.3 Å².